The fourth-order valence-corrected chi connectivity index (χ4v) is 2.97. The van der Waals surface area contributed by atoms with E-state index in [0.717, 1.165) is 42.6 Å². The van der Waals surface area contributed by atoms with Gasteiger partial charge in [-0.15, -0.1) is 0 Å². The predicted octanol–water partition coefficient (Wildman–Crippen LogP) is 3.15. The van der Waals surface area contributed by atoms with Gasteiger partial charge >= 0.3 is 0 Å². The summed E-state index contributed by atoms with van der Waals surface area (Å²) in [4.78, 5) is 0. The van der Waals surface area contributed by atoms with Crippen molar-refractivity contribution in [3.63, 3.8) is 0 Å². The van der Waals surface area contributed by atoms with Crippen LogP contribution < -0.4 is 5.32 Å². The molecule has 0 amide bonds. The number of rotatable bonds is 5. The number of hydrogen-bond acceptors (Lipinski definition) is 2. The number of benzene rings is 1. The minimum Gasteiger partial charge on any atom is -0.381 e. The van der Waals surface area contributed by atoms with Crippen LogP contribution >= 0.6 is 15.9 Å². The summed E-state index contributed by atoms with van der Waals surface area (Å²) in [5.74, 6) is 0.358. The van der Waals surface area contributed by atoms with E-state index in [2.05, 4.69) is 28.2 Å². The lowest BCUT2D eigenvalue weighted by molar-refractivity contribution is 0.176. The monoisotopic (exact) mass is 315 g/mol. The molecule has 2 atom stereocenters. The molecule has 18 heavy (non-hydrogen) atoms. The molecule has 0 spiro atoms. The maximum atomic E-state index is 13.1. The van der Waals surface area contributed by atoms with Crippen molar-refractivity contribution < 1.29 is 9.13 Å². The third kappa shape index (κ3) is 3.53. The number of likely N-dealkylation sites (N-methyl/N-ethyl adjacent to an activating group) is 1. The number of ether oxygens (including phenoxy) is 1. The molecule has 0 aliphatic carbocycles. The molecule has 0 aromatic heterocycles. The summed E-state index contributed by atoms with van der Waals surface area (Å²) in [7, 11) is 0. The fraction of sp³-hybridized carbons (Fsp3) is 0.571. The van der Waals surface area contributed by atoms with Gasteiger partial charge in [0.2, 0.25) is 0 Å². The van der Waals surface area contributed by atoms with E-state index in [4.69, 9.17) is 4.74 Å². The van der Waals surface area contributed by atoms with Crippen molar-refractivity contribution in [1.82, 2.24) is 5.32 Å². The molecule has 2 unspecified atom stereocenters. The molecule has 1 aromatic carbocycles. The van der Waals surface area contributed by atoms with Crippen LogP contribution in [0.25, 0.3) is 0 Å². The minimum atomic E-state index is -0.199. The first-order valence-electron chi connectivity index (χ1n) is 6.45. The highest BCUT2D eigenvalue weighted by molar-refractivity contribution is 9.10. The molecule has 4 heteroatoms. The predicted molar refractivity (Wildman–Crippen MR) is 74.2 cm³/mol. The Labute approximate surface area is 116 Å². The molecule has 0 saturated carbocycles. The van der Waals surface area contributed by atoms with Crippen LogP contribution in [0.15, 0.2) is 22.7 Å². The third-order valence-electron chi connectivity index (χ3n) is 3.46. The smallest absolute Gasteiger partial charge is 0.124 e. The van der Waals surface area contributed by atoms with Crippen LogP contribution in [-0.2, 0) is 11.2 Å². The molecule has 0 radical (unpaired) electrons. The van der Waals surface area contributed by atoms with Crippen molar-refractivity contribution in [2.75, 3.05) is 19.8 Å². The molecule has 1 saturated heterocycles. The zero-order chi connectivity index (χ0) is 13.0. The quantitative estimate of drug-likeness (QED) is 0.901. The van der Waals surface area contributed by atoms with E-state index in [1.54, 1.807) is 0 Å². The second kappa shape index (κ2) is 6.64. The van der Waals surface area contributed by atoms with E-state index in [-0.39, 0.29) is 5.82 Å². The first-order valence-corrected chi connectivity index (χ1v) is 7.25. The summed E-state index contributed by atoms with van der Waals surface area (Å²) >= 11 is 3.44. The van der Waals surface area contributed by atoms with Gasteiger partial charge in [-0.2, -0.15) is 0 Å². The van der Waals surface area contributed by atoms with Gasteiger partial charge in [-0.25, -0.2) is 4.39 Å². The average Bonchev–Trinajstić information content (AvgIpc) is 2.85. The highest BCUT2D eigenvalue weighted by Crippen LogP contribution is 2.24. The Morgan fingerprint density at radius 3 is 3.00 bits per heavy atom. The van der Waals surface area contributed by atoms with E-state index in [1.807, 2.05) is 6.07 Å². The first kappa shape index (κ1) is 14.0. The van der Waals surface area contributed by atoms with Crippen molar-refractivity contribution in [2.24, 2.45) is 5.92 Å². The molecule has 1 aliphatic rings. The van der Waals surface area contributed by atoms with Gasteiger partial charge in [-0.05, 0) is 37.1 Å². The maximum absolute atomic E-state index is 13.1. The highest BCUT2D eigenvalue weighted by atomic mass is 79.9. The summed E-state index contributed by atoms with van der Waals surface area (Å²) in [5.41, 5.74) is 1.15. The summed E-state index contributed by atoms with van der Waals surface area (Å²) in [6, 6.07) is 5.32. The number of nitrogens with one attached hydrogen (secondary N) is 1. The van der Waals surface area contributed by atoms with Crippen LogP contribution in [0.5, 0.6) is 0 Å². The van der Waals surface area contributed by atoms with Crippen molar-refractivity contribution in [3.8, 4) is 0 Å². The van der Waals surface area contributed by atoms with E-state index in [9.17, 15) is 4.39 Å². The van der Waals surface area contributed by atoms with Crippen LogP contribution in [-0.4, -0.2) is 25.8 Å². The van der Waals surface area contributed by atoms with E-state index < -0.39 is 0 Å². The van der Waals surface area contributed by atoms with Crippen LogP contribution in [0.3, 0.4) is 0 Å². The molecule has 1 N–H and O–H groups in total. The van der Waals surface area contributed by atoms with Gasteiger partial charge < -0.3 is 10.1 Å². The Hall–Kier alpha value is -0.450. The minimum absolute atomic E-state index is 0.199. The third-order valence-corrected chi connectivity index (χ3v) is 4.19. The highest BCUT2D eigenvalue weighted by Gasteiger charge is 2.25. The molecule has 1 fully saturated rings. The summed E-state index contributed by atoms with van der Waals surface area (Å²) in [6.45, 7) is 4.75. The SMILES string of the molecule is CCNC(Cc1ccc(F)cc1Br)C1CCOC1. The van der Waals surface area contributed by atoms with Crippen molar-refractivity contribution >= 4 is 15.9 Å². The van der Waals surface area contributed by atoms with Crippen LogP contribution in [0.1, 0.15) is 18.9 Å². The lowest BCUT2D eigenvalue weighted by Crippen LogP contribution is -2.38. The molecule has 1 aliphatic heterocycles. The number of hydrogen-bond donors (Lipinski definition) is 1. The van der Waals surface area contributed by atoms with E-state index >= 15 is 0 Å². The Morgan fingerprint density at radius 1 is 1.56 bits per heavy atom. The molecular formula is C14H19BrFNO. The Morgan fingerprint density at radius 2 is 2.39 bits per heavy atom. The zero-order valence-electron chi connectivity index (χ0n) is 10.6. The standard InChI is InChI=1S/C14H19BrFNO/c1-2-17-14(11-5-6-18-9-11)7-10-3-4-12(16)8-13(10)15/h3-4,8,11,14,17H,2,5-7,9H2,1H3. The van der Waals surface area contributed by atoms with Crippen LogP contribution in [0, 0.1) is 11.7 Å². The van der Waals surface area contributed by atoms with E-state index in [1.165, 1.54) is 12.1 Å². The maximum Gasteiger partial charge on any atom is 0.124 e. The molecule has 100 valence electrons. The van der Waals surface area contributed by atoms with Crippen molar-refractivity contribution in [3.05, 3.63) is 34.1 Å². The largest absolute Gasteiger partial charge is 0.381 e. The molecule has 2 rings (SSSR count). The van der Waals surface area contributed by atoms with Gasteiger partial charge in [0.25, 0.3) is 0 Å². The van der Waals surface area contributed by atoms with Gasteiger partial charge in [-0.1, -0.05) is 28.9 Å². The van der Waals surface area contributed by atoms with Crippen molar-refractivity contribution in [1.29, 1.82) is 0 Å². The molecule has 0 bridgehead atoms. The van der Waals surface area contributed by atoms with Crippen LogP contribution in [0.2, 0.25) is 0 Å². The summed E-state index contributed by atoms with van der Waals surface area (Å²) in [5, 5.41) is 3.52. The fourth-order valence-electron chi connectivity index (χ4n) is 2.46. The lowest BCUT2D eigenvalue weighted by atomic mass is 9.93. The van der Waals surface area contributed by atoms with Gasteiger partial charge in [0.1, 0.15) is 5.82 Å². The molecule has 1 aromatic rings. The lowest BCUT2D eigenvalue weighted by Gasteiger charge is -2.24. The van der Waals surface area contributed by atoms with Crippen molar-refractivity contribution in [2.45, 2.75) is 25.8 Å². The van der Waals surface area contributed by atoms with Gasteiger partial charge in [0.15, 0.2) is 0 Å². The Bertz CT molecular complexity index is 393. The average molecular weight is 316 g/mol. The topological polar surface area (TPSA) is 21.3 Å². The number of halogens is 2. The van der Waals surface area contributed by atoms with E-state index in [0.29, 0.717) is 12.0 Å². The van der Waals surface area contributed by atoms with Gasteiger partial charge in [0, 0.05) is 23.0 Å². The van der Waals surface area contributed by atoms with Crippen LogP contribution in [0.4, 0.5) is 4.39 Å². The Balaban J connectivity index is 2.07. The zero-order valence-corrected chi connectivity index (χ0v) is 12.2. The molecule has 1 heterocycles. The normalized spacial score (nSPS) is 21.2. The van der Waals surface area contributed by atoms with Gasteiger partial charge in [0.05, 0.1) is 6.61 Å². The summed E-state index contributed by atoms with van der Waals surface area (Å²) < 4.78 is 19.4. The first-order chi connectivity index (χ1) is 8.70. The second-order valence-corrected chi connectivity index (χ2v) is 5.58. The Kier molecular flexibility index (Phi) is 5.15. The molecular weight excluding hydrogens is 297 g/mol. The second-order valence-electron chi connectivity index (χ2n) is 4.73. The summed E-state index contributed by atoms with van der Waals surface area (Å²) in [6.07, 6.45) is 2.01. The van der Waals surface area contributed by atoms with Gasteiger partial charge in [-0.3, -0.25) is 0 Å². The molecule has 2 nitrogen and oxygen atoms in total.